The van der Waals surface area contributed by atoms with Gasteiger partial charge in [-0.2, -0.15) is 0 Å². The predicted octanol–water partition coefficient (Wildman–Crippen LogP) is 3.15. The highest BCUT2D eigenvalue weighted by molar-refractivity contribution is 6.45. The van der Waals surface area contributed by atoms with Crippen LogP contribution in [-0.4, -0.2) is 4.84 Å². The summed E-state index contributed by atoms with van der Waals surface area (Å²) in [6, 6.07) is 0. The molecule has 0 heterocycles. The molecule has 0 aromatic rings. The summed E-state index contributed by atoms with van der Waals surface area (Å²) in [5.41, 5.74) is 1.78. The lowest BCUT2D eigenvalue weighted by molar-refractivity contribution is 0.686. The van der Waals surface area contributed by atoms with Gasteiger partial charge < -0.3 is 0 Å². The number of rotatable bonds is 1. The molecule has 0 unspecified atom stereocenters. The standard InChI is InChI=1S/C7H10Cl2/c1-7(2)4-5(7)3-6(8)9/h3,6H,4H2,1-2H3/b5-3-. The lowest BCUT2D eigenvalue weighted by Crippen LogP contribution is -1.82. The minimum absolute atomic E-state index is 0.318. The molecular formula is C7H10Cl2. The van der Waals surface area contributed by atoms with Crippen molar-refractivity contribution in [2.75, 3.05) is 0 Å². The van der Waals surface area contributed by atoms with Gasteiger partial charge in [0.1, 0.15) is 4.84 Å². The van der Waals surface area contributed by atoms with Crippen molar-refractivity contribution in [2.24, 2.45) is 5.41 Å². The minimum Gasteiger partial charge on any atom is -0.101 e. The molecule has 1 saturated carbocycles. The van der Waals surface area contributed by atoms with Crippen molar-refractivity contribution >= 4 is 23.2 Å². The molecule has 1 aliphatic rings. The third-order valence-electron chi connectivity index (χ3n) is 1.70. The van der Waals surface area contributed by atoms with Gasteiger partial charge >= 0.3 is 0 Å². The first kappa shape index (κ1) is 7.43. The second-order valence-electron chi connectivity index (χ2n) is 3.09. The van der Waals surface area contributed by atoms with E-state index in [9.17, 15) is 0 Å². The monoisotopic (exact) mass is 164 g/mol. The zero-order valence-electron chi connectivity index (χ0n) is 5.62. The van der Waals surface area contributed by atoms with Crippen LogP contribution in [0.15, 0.2) is 11.6 Å². The SMILES string of the molecule is CC1(C)C/C1=C/C(Cl)Cl. The Balaban J connectivity index is 2.50. The fraction of sp³-hybridized carbons (Fsp3) is 0.714. The van der Waals surface area contributed by atoms with Crippen LogP contribution >= 0.6 is 23.2 Å². The molecule has 2 heteroatoms. The minimum atomic E-state index is -0.318. The molecule has 0 amide bonds. The van der Waals surface area contributed by atoms with Gasteiger partial charge in [0.15, 0.2) is 0 Å². The van der Waals surface area contributed by atoms with E-state index >= 15 is 0 Å². The summed E-state index contributed by atoms with van der Waals surface area (Å²) in [5, 5.41) is 0. The maximum Gasteiger partial charge on any atom is 0.126 e. The molecule has 0 aromatic carbocycles. The topological polar surface area (TPSA) is 0 Å². The fourth-order valence-corrected chi connectivity index (χ4v) is 1.17. The van der Waals surface area contributed by atoms with Gasteiger partial charge in [-0.3, -0.25) is 0 Å². The van der Waals surface area contributed by atoms with Crippen LogP contribution in [0.2, 0.25) is 0 Å². The third kappa shape index (κ3) is 1.87. The fourth-order valence-electron chi connectivity index (χ4n) is 0.869. The van der Waals surface area contributed by atoms with Crippen LogP contribution < -0.4 is 0 Å². The van der Waals surface area contributed by atoms with Crippen LogP contribution in [-0.2, 0) is 0 Å². The molecule has 0 atom stereocenters. The summed E-state index contributed by atoms with van der Waals surface area (Å²) in [6.07, 6.45) is 3.08. The maximum atomic E-state index is 5.53. The van der Waals surface area contributed by atoms with Crippen molar-refractivity contribution in [1.82, 2.24) is 0 Å². The summed E-state index contributed by atoms with van der Waals surface area (Å²) in [4.78, 5) is -0.318. The quantitative estimate of drug-likeness (QED) is 0.413. The summed E-state index contributed by atoms with van der Waals surface area (Å²) >= 11 is 11.1. The molecule has 0 aromatic heterocycles. The highest BCUT2D eigenvalue weighted by Crippen LogP contribution is 2.51. The summed E-state index contributed by atoms with van der Waals surface area (Å²) in [6.45, 7) is 4.38. The van der Waals surface area contributed by atoms with Crippen LogP contribution in [0.5, 0.6) is 0 Å². The zero-order chi connectivity index (χ0) is 7.07. The van der Waals surface area contributed by atoms with E-state index in [0.717, 1.165) is 6.42 Å². The van der Waals surface area contributed by atoms with Crippen molar-refractivity contribution in [1.29, 1.82) is 0 Å². The van der Waals surface area contributed by atoms with E-state index in [1.165, 1.54) is 5.57 Å². The molecular weight excluding hydrogens is 155 g/mol. The zero-order valence-corrected chi connectivity index (χ0v) is 7.13. The molecule has 0 radical (unpaired) electrons. The Labute approximate surface area is 65.8 Å². The van der Waals surface area contributed by atoms with Crippen LogP contribution in [0.3, 0.4) is 0 Å². The van der Waals surface area contributed by atoms with Crippen LogP contribution in [0.4, 0.5) is 0 Å². The average molecular weight is 165 g/mol. The Bertz CT molecular complexity index is 145. The van der Waals surface area contributed by atoms with Crippen LogP contribution in [0.25, 0.3) is 0 Å². The van der Waals surface area contributed by atoms with Crippen molar-refractivity contribution in [3.63, 3.8) is 0 Å². The Morgan fingerprint density at radius 2 is 2.00 bits per heavy atom. The Hall–Kier alpha value is 0.320. The van der Waals surface area contributed by atoms with Crippen molar-refractivity contribution in [2.45, 2.75) is 25.1 Å². The average Bonchev–Trinajstić information content (AvgIpc) is 2.10. The van der Waals surface area contributed by atoms with Gasteiger partial charge in [-0.15, -0.1) is 23.2 Å². The molecule has 0 aliphatic heterocycles. The summed E-state index contributed by atoms with van der Waals surface area (Å²) in [7, 11) is 0. The largest absolute Gasteiger partial charge is 0.126 e. The van der Waals surface area contributed by atoms with Crippen molar-refractivity contribution in [3.05, 3.63) is 11.6 Å². The smallest absolute Gasteiger partial charge is 0.101 e. The number of alkyl halides is 2. The van der Waals surface area contributed by atoms with E-state index in [0.29, 0.717) is 5.41 Å². The molecule has 1 fully saturated rings. The normalized spacial score (nSPS) is 27.4. The molecule has 52 valence electrons. The Morgan fingerprint density at radius 1 is 1.56 bits per heavy atom. The van der Waals surface area contributed by atoms with E-state index in [-0.39, 0.29) is 4.84 Å². The lowest BCUT2D eigenvalue weighted by atomic mass is 10.2. The Morgan fingerprint density at radius 3 is 2.11 bits per heavy atom. The van der Waals surface area contributed by atoms with E-state index < -0.39 is 0 Å². The van der Waals surface area contributed by atoms with E-state index in [1.807, 2.05) is 6.08 Å². The predicted molar refractivity (Wildman–Crippen MR) is 42.0 cm³/mol. The highest BCUT2D eigenvalue weighted by atomic mass is 35.5. The first-order chi connectivity index (χ1) is 4.02. The van der Waals surface area contributed by atoms with Gasteiger partial charge in [-0.05, 0) is 11.8 Å². The second kappa shape index (κ2) is 2.17. The van der Waals surface area contributed by atoms with E-state index in [2.05, 4.69) is 13.8 Å². The number of allylic oxidation sites excluding steroid dienone is 2. The van der Waals surface area contributed by atoms with Gasteiger partial charge in [0.25, 0.3) is 0 Å². The van der Waals surface area contributed by atoms with Gasteiger partial charge in [0.2, 0.25) is 0 Å². The first-order valence-corrected chi connectivity index (χ1v) is 3.89. The molecule has 0 N–H and O–H groups in total. The number of hydrogen-bond donors (Lipinski definition) is 0. The molecule has 0 nitrogen and oxygen atoms in total. The Kier molecular flexibility index (Phi) is 1.79. The van der Waals surface area contributed by atoms with Crippen molar-refractivity contribution in [3.8, 4) is 0 Å². The van der Waals surface area contributed by atoms with Gasteiger partial charge in [0.05, 0.1) is 0 Å². The maximum absolute atomic E-state index is 5.53. The van der Waals surface area contributed by atoms with Gasteiger partial charge in [-0.25, -0.2) is 0 Å². The summed E-state index contributed by atoms with van der Waals surface area (Å²) in [5.74, 6) is 0. The lowest BCUT2D eigenvalue weighted by Gasteiger charge is -1.92. The molecule has 9 heavy (non-hydrogen) atoms. The number of hydrogen-bond acceptors (Lipinski definition) is 0. The molecule has 0 spiro atoms. The molecule has 1 aliphatic carbocycles. The van der Waals surface area contributed by atoms with E-state index in [4.69, 9.17) is 23.2 Å². The highest BCUT2D eigenvalue weighted by Gasteiger charge is 2.38. The van der Waals surface area contributed by atoms with Gasteiger partial charge in [-0.1, -0.05) is 25.5 Å². The van der Waals surface area contributed by atoms with Crippen LogP contribution in [0.1, 0.15) is 20.3 Å². The molecule has 0 saturated heterocycles. The second-order valence-corrected chi connectivity index (χ2v) is 4.25. The number of halogens is 2. The molecule has 1 rings (SSSR count). The summed E-state index contributed by atoms with van der Waals surface area (Å²) < 4.78 is 0. The van der Waals surface area contributed by atoms with E-state index in [1.54, 1.807) is 0 Å². The third-order valence-corrected chi connectivity index (χ3v) is 1.96. The van der Waals surface area contributed by atoms with Crippen LogP contribution in [0, 0.1) is 5.41 Å². The first-order valence-electron chi connectivity index (χ1n) is 3.02. The molecule has 0 bridgehead atoms. The van der Waals surface area contributed by atoms with Gasteiger partial charge in [0, 0.05) is 0 Å². The van der Waals surface area contributed by atoms with Crippen molar-refractivity contribution < 1.29 is 0 Å².